The molecule has 0 aliphatic carbocycles. The lowest BCUT2D eigenvalue weighted by atomic mass is 9.95. The predicted octanol–water partition coefficient (Wildman–Crippen LogP) is 6.12. The fourth-order valence-corrected chi connectivity index (χ4v) is 5.95. The number of aliphatic hydroxyl groups is 1. The number of rotatable bonds is 7. The Kier molecular flexibility index (Phi) is 7.27. The van der Waals surface area contributed by atoms with E-state index in [1.165, 1.54) is 35.1 Å². The molecule has 186 valence electrons. The van der Waals surface area contributed by atoms with Gasteiger partial charge in [-0.1, -0.05) is 77.2 Å². The van der Waals surface area contributed by atoms with Gasteiger partial charge >= 0.3 is 5.91 Å². The summed E-state index contributed by atoms with van der Waals surface area (Å²) < 4.78 is 6.03. The van der Waals surface area contributed by atoms with Crippen LogP contribution in [0.1, 0.15) is 22.7 Å². The summed E-state index contributed by atoms with van der Waals surface area (Å²) in [6, 6.07) is 22.4. The van der Waals surface area contributed by atoms with E-state index in [2.05, 4.69) is 10.2 Å². The number of ketones is 1. The third-order valence-electron chi connectivity index (χ3n) is 5.78. The average Bonchev–Trinajstić information content (AvgIpc) is 3.50. The van der Waals surface area contributed by atoms with Crippen molar-refractivity contribution in [1.82, 2.24) is 10.2 Å². The third kappa shape index (κ3) is 5.11. The van der Waals surface area contributed by atoms with Gasteiger partial charge in [0.1, 0.15) is 11.5 Å². The number of carbonyl (C=O) groups excluding carboxylic acids is 2. The van der Waals surface area contributed by atoms with Crippen LogP contribution in [0.5, 0.6) is 5.75 Å². The Hall–Kier alpha value is -3.66. The number of amides is 1. The van der Waals surface area contributed by atoms with E-state index < -0.39 is 17.7 Å². The molecule has 1 saturated heterocycles. The van der Waals surface area contributed by atoms with Crippen LogP contribution in [0.15, 0.2) is 88.8 Å². The molecular formula is C27H20ClN3O4S2. The molecule has 10 heteroatoms. The summed E-state index contributed by atoms with van der Waals surface area (Å²) in [5.74, 6) is -0.669. The number of halogens is 1. The van der Waals surface area contributed by atoms with E-state index in [9.17, 15) is 14.7 Å². The minimum atomic E-state index is -0.925. The second-order valence-electron chi connectivity index (χ2n) is 8.08. The SMILES string of the molecule is COc1cccc(C2/C(=C(/O)c3ccc(Cl)cc3)C(=O)C(=O)N2c2nnc(SCc3ccccc3)s2)c1. The van der Waals surface area contributed by atoms with Gasteiger partial charge in [0.05, 0.1) is 18.7 Å². The van der Waals surface area contributed by atoms with E-state index in [0.29, 0.717) is 32.0 Å². The molecule has 1 aromatic heterocycles. The third-order valence-corrected chi connectivity index (χ3v) is 8.16. The number of carbonyl (C=O) groups is 2. The molecule has 7 nitrogen and oxygen atoms in total. The molecule has 1 aliphatic rings. The Morgan fingerprint density at radius 2 is 1.81 bits per heavy atom. The molecule has 1 N–H and O–H groups in total. The van der Waals surface area contributed by atoms with Crippen molar-refractivity contribution in [2.75, 3.05) is 12.0 Å². The summed E-state index contributed by atoms with van der Waals surface area (Å²) in [6.45, 7) is 0. The number of hydrogen-bond donors (Lipinski definition) is 1. The van der Waals surface area contributed by atoms with Crippen LogP contribution in [0.4, 0.5) is 5.13 Å². The van der Waals surface area contributed by atoms with E-state index in [4.69, 9.17) is 16.3 Å². The van der Waals surface area contributed by atoms with Crippen molar-refractivity contribution in [2.45, 2.75) is 16.1 Å². The summed E-state index contributed by atoms with van der Waals surface area (Å²) in [6.07, 6.45) is 0. The lowest BCUT2D eigenvalue weighted by Gasteiger charge is -2.22. The van der Waals surface area contributed by atoms with Gasteiger partial charge in [0.25, 0.3) is 5.78 Å². The van der Waals surface area contributed by atoms with Crippen LogP contribution in [0.2, 0.25) is 5.02 Å². The summed E-state index contributed by atoms with van der Waals surface area (Å²) in [4.78, 5) is 27.9. The average molecular weight is 550 g/mol. The van der Waals surface area contributed by atoms with Crippen LogP contribution < -0.4 is 9.64 Å². The first-order chi connectivity index (χ1) is 18.0. The smallest absolute Gasteiger partial charge is 0.301 e. The fraction of sp³-hybridized carbons (Fsp3) is 0.111. The standard InChI is InChI=1S/C27H20ClN3O4S2/c1-35-20-9-5-8-18(14-20)22-21(23(32)17-10-12-19(28)13-11-17)24(33)25(34)31(22)26-29-30-27(37-26)36-15-16-6-3-2-4-7-16/h2-14,22,32H,15H2,1H3/b23-21-. The molecule has 4 aromatic rings. The largest absolute Gasteiger partial charge is 0.507 e. The van der Waals surface area contributed by atoms with Gasteiger partial charge in [-0.2, -0.15) is 0 Å². The zero-order valence-corrected chi connectivity index (χ0v) is 21.9. The number of benzene rings is 3. The maximum Gasteiger partial charge on any atom is 0.301 e. The predicted molar refractivity (Wildman–Crippen MR) is 145 cm³/mol. The highest BCUT2D eigenvalue weighted by Gasteiger charge is 2.48. The summed E-state index contributed by atoms with van der Waals surface area (Å²) in [7, 11) is 1.53. The molecule has 0 bridgehead atoms. The van der Waals surface area contributed by atoms with E-state index >= 15 is 0 Å². The number of aromatic nitrogens is 2. The fourth-order valence-electron chi connectivity index (χ4n) is 4.00. The Balaban J connectivity index is 1.56. The molecule has 0 spiro atoms. The molecule has 1 fully saturated rings. The number of aliphatic hydroxyl groups excluding tert-OH is 1. The first-order valence-corrected chi connectivity index (χ1v) is 13.4. The number of Topliss-reactive ketones (excluding diaryl/α,β-unsaturated/α-hetero) is 1. The van der Waals surface area contributed by atoms with Crippen molar-refractivity contribution in [3.05, 3.63) is 106 Å². The topological polar surface area (TPSA) is 92.6 Å². The highest BCUT2D eigenvalue weighted by Crippen LogP contribution is 2.44. The number of methoxy groups -OCH3 is 1. The highest BCUT2D eigenvalue weighted by atomic mass is 35.5. The number of anilines is 1. The number of hydrogen-bond acceptors (Lipinski definition) is 8. The Labute approximate surface area is 226 Å². The van der Waals surface area contributed by atoms with Gasteiger partial charge in [0.2, 0.25) is 5.13 Å². The van der Waals surface area contributed by atoms with Crippen molar-refractivity contribution in [2.24, 2.45) is 0 Å². The van der Waals surface area contributed by atoms with Crippen LogP contribution in [-0.4, -0.2) is 34.1 Å². The molecular weight excluding hydrogens is 530 g/mol. The van der Waals surface area contributed by atoms with E-state index in [0.717, 1.165) is 5.56 Å². The minimum Gasteiger partial charge on any atom is -0.507 e. The molecule has 1 amide bonds. The van der Waals surface area contributed by atoms with Gasteiger partial charge in [-0.15, -0.1) is 10.2 Å². The number of thioether (sulfide) groups is 1. The summed E-state index contributed by atoms with van der Waals surface area (Å²) in [5, 5.41) is 20.4. The molecule has 1 atom stereocenters. The van der Waals surface area contributed by atoms with Crippen molar-refractivity contribution in [1.29, 1.82) is 0 Å². The van der Waals surface area contributed by atoms with Gasteiger partial charge in [-0.3, -0.25) is 14.5 Å². The Morgan fingerprint density at radius 1 is 1.05 bits per heavy atom. The first-order valence-electron chi connectivity index (χ1n) is 11.2. The van der Waals surface area contributed by atoms with Gasteiger partial charge in [0, 0.05) is 16.3 Å². The molecule has 1 aliphatic heterocycles. The molecule has 1 unspecified atom stereocenters. The normalized spacial score (nSPS) is 16.8. The first kappa shape index (κ1) is 25.0. The van der Waals surface area contributed by atoms with E-state index in [1.54, 1.807) is 48.5 Å². The van der Waals surface area contributed by atoms with Gasteiger partial charge in [-0.25, -0.2) is 0 Å². The second kappa shape index (κ2) is 10.8. The molecule has 0 radical (unpaired) electrons. The quantitative estimate of drug-likeness (QED) is 0.0976. The Morgan fingerprint density at radius 3 is 2.54 bits per heavy atom. The van der Waals surface area contributed by atoms with Crippen molar-refractivity contribution in [3.8, 4) is 5.75 Å². The Bertz CT molecular complexity index is 1490. The maximum atomic E-state index is 13.3. The summed E-state index contributed by atoms with van der Waals surface area (Å²) in [5.41, 5.74) is 2.03. The van der Waals surface area contributed by atoms with Crippen LogP contribution in [0.25, 0.3) is 5.76 Å². The van der Waals surface area contributed by atoms with E-state index in [1.807, 2.05) is 30.3 Å². The van der Waals surface area contributed by atoms with Crippen LogP contribution in [-0.2, 0) is 15.3 Å². The highest BCUT2D eigenvalue weighted by molar-refractivity contribution is 8.00. The number of nitrogens with zero attached hydrogens (tertiary/aromatic N) is 3. The maximum absolute atomic E-state index is 13.3. The van der Waals surface area contributed by atoms with Crippen LogP contribution in [0, 0.1) is 0 Å². The van der Waals surface area contributed by atoms with Crippen molar-refractivity contribution >= 4 is 57.3 Å². The lowest BCUT2D eigenvalue weighted by Crippen LogP contribution is -2.29. The van der Waals surface area contributed by atoms with Gasteiger partial charge in [0.15, 0.2) is 4.34 Å². The van der Waals surface area contributed by atoms with Crippen molar-refractivity contribution in [3.63, 3.8) is 0 Å². The van der Waals surface area contributed by atoms with Crippen LogP contribution in [0.3, 0.4) is 0 Å². The zero-order chi connectivity index (χ0) is 25.9. The molecule has 0 saturated carbocycles. The molecule has 5 rings (SSSR count). The van der Waals surface area contributed by atoms with Crippen molar-refractivity contribution < 1.29 is 19.4 Å². The monoisotopic (exact) mass is 549 g/mol. The second-order valence-corrected chi connectivity index (χ2v) is 10.7. The lowest BCUT2D eigenvalue weighted by molar-refractivity contribution is -0.132. The molecule has 2 heterocycles. The molecule has 37 heavy (non-hydrogen) atoms. The van der Waals surface area contributed by atoms with E-state index in [-0.39, 0.29) is 16.5 Å². The zero-order valence-electron chi connectivity index (χ0n) is 19.5. The molecule has 3 aromatic carbocycles. The van der Waals surface area contributed by atoms with Gasteiger partial charge < -0.3 is 9.84 Å². The number of ether oxygens (including phenoxy) is 1. The van der Waals surface area contributed by atoms with Gasteiger partial charge in [-0.05, 0) is 47.5 Å². The minimum absolute atomic E-state index is 0.0470. The van der Waals surface area contributed by atoms with Crippen LogP contribution >= 0.6 is 34.7 Å². The summed E-state index contributed by atoms with van der Waals surface area (Å²) >= 11 is 8.71.